The number of fused-ring (bicyclic) bond motifs is 1. The van der Waals surface area contributed by atoms with Crippen molar-refractivity contribution in [2.75, 3.05) is 24.5 Å². The Labute approximate surface area is 164 Å². The standard InChI is InChI=1S/C20H24N2O3S2/c1-15-5-2-6-16-7-3-11-22(19(15)16)20(23)17-9-12-21(13-10-17)27(24,25)18-8-4-14-26-18/h2,4-6,8,14,17H,3,7,9-13H2,1H3. The van der Waals surface area contributed by atoms with Gasteiger partial charge in [-0.3, -0.25) is 4.79 Å². The second kappa shape index (κ2) is 7.37. The second-order valence-corrected chi connectivity index (χ2v) is 10.4. The average molecular weight is 405 g/mol. The molecule has 7 heteroatoms. The fraction of sp³-hybridized carbons (Fsp3) is 0.450. The summed E-state index contributed by atoms with van der Waals surface area (Å²) in [4.78, 5) is 15.2. The highest BCUT2D eigenvalue weighted by atomic mass is 32.2. The molecule has 0 aliphatic carbocycles. The van der Waals surface area contributed by atoms with Gasteiger partial charge < -0.3 is 4.90 Å². The molecule has 0 radical (unpaired) electrons. The van der Waals surface area contributed by atoms with Gasteiger partial charge in [-0.05, 0) is 55.2 Å². The molecule has 0 atom stereocenters. The van der Waals surface area contributed by atoms with Crippen LogP contribution >= 0.6 is 11.3 Å². The van der Waals surface area contributed by atoms with E-state index in [1.807, 2.05) is 4.90 Å². The molecule has 144 valence electrons. The van der Waals surface area contributed by atoms with Crippen molar-refractivity contribution < 1.29 is 13.2 Å². The zero-order chi connectivity index (χ0) is 19.0. The maximum absolute atomic E-state index is 13.2. The predicted molar refractivity (Wildman–Crippen MR) is 108 cm³/mol. The summed E-state index contributed by atoms with van der Waals surface area (Å²) in [6, 6.07) is 9.61. The SMILES string of the molecule is Cc1cccc2c1N(C(=O)C1CCN(S(=O)(=O)c3cccs3)CC1)CCC2. The van der Waals surface area contributed by atoms with E-state index < -0.39 is 10.0 Å². The summed E-state index contributed by atoms with van der Waals surface area (Å²) < 4.78 is 27.3. The Kier molecular flexibility index (Phi) is 5.09. The molecule has 27 heavy (non-hydrogen) atoms. The quantitative estimate of drug-likeness (QED) is 0.787. The molecule has 2 aromatic rings. The van der Waals surface area contributed by atoms with Gasteiger partial charge in [-0.25, -0.2) is 8.42 Å². The van der Waals surface area contributed by atoms with Crippen LogP contribution in [0, 0.1) is 12.8 Å². The molecule has 1 saturated heterocycles. The van der Waals surface area contributed by atoms with Crippen LogP contribution in [0.25, 0.3) is 0 Å². The Morgan fingerprint density at radius 2 is 1.89 bits per heavy atom. The van der Waals surface area contributed by atoms with Crippen molar-refractivity contribution in [1.29, 1.82) is 0 Å². The van der Waals surface area contributed by atoms with Crippen LogP contribution in [0.1, 0.15) is 30.4 Å². The zero-order valence-electron chi connectivity index (χ0n) is 15.4. The number of thiophene rings is 1. The lowest BCUT2D eigenvalue weighted by atomic mass is 9.93. The number of amides is 1. The van der Waals surface area contributed by atoms with E-state index in [0.29, 0.717) is 30.1 Å². The third kappa shape index (κ3) is 3.44. The second-order valence-electron chi connectivity index (χ2n) is 7.29. The smallest absolute Gasteiger partial charge is 0.252 e. The largest absolute Gasteiger partial charge is 0.312 e. The monoisotopic (exact) mass is 404 g/mol. The highest BCUT2D eigenvalue weighted by molar-refractivity contribution is 7.91. The van der Waals surface area contributed by atoms with E-state index in [9.17, 15) is 13.2 Å². The van der Waals surface area contributed by atoms with Crippen LogP contribution in [-0.2, 0) is 21.2 Å². The van der Waals surface area contributed by atoms with E-state index in [1.165, 1.54) is 21.2 Å². The molecule has 2 aliphatic rings. The number of piperidine rings is 1. The van der Waals surface area contributed by atoms with E-state index in [4.69, 9.17) is 0 Å². The van der Waals surface area contributed by atoms with Crippen LogP contribution in [0.2, 0.25) is 0 Å². The van der Waals surface area contributed by atoms with Crippen molar-refractivity contribution in [3.63, 3.8) is 0 Å². The Hall–Kier alpha value is -1.70. The number of benzene rings is 1. The average Bonchev–Trinajstić information content (AvgIpc) is 3.23. The maximum atomic E-state index is 13.2. The van der Waals surface area contributed by atoms with Crippen LogP contribution in [0.15, 0.2) is 39.9 Å². The Morgan fingerprint density at radius 3 is 2.59 bits per heavy atom. The zero-order valence-corrected chi connectivity index (χ0v) is 17.1. The molecule has 0 saturated carbocycles. The van der Waals surface area contributed by atoms with E-state index in [0.717, 1.165) is 30.6 Å². The lowest BCUT2D eigenvalue weighted by Crippen LogP contribution is -2.45. The van der Waals surface area contributed by atoms with Gasteiger partial charge >= 0.3 is 0 Å². The number of hydrogen-bond acceptors (Lipinski definition) is 4. The number of hydrogen-bond donors (Lipinski definition) is 0. The van der Waals surface area contributed by atoms with Crippen molar-refractivity contribution >= 4 is 33.0 Å². The molecule has 3 heterocycles. The topological polar surface area (TPSA) is 57.7 Å². The van der Waals surface area contributed by atoms with Gasteiger partial charge in [-0.15, -0.1) is 11.3 Å². The van der Waals surface area contributed by atoms with Gasteiger partial charge in [-0.2, -0.15) is 4.31 Å². The van der Waals surface area contributed by atoms with Gasteiger partial charge in [0.15, 0.2) is 0 Å². The molecule has 0 unspecified atom stereocenters. The minimum atomic E-state index is -3.42. The molecule has 4 rings (SSSR count). The molecule has 1 aromatic carbocycles. The van der Waals surface area contributed by atoms with Crippen LogP contribution in [0.4, 0.5) is 5.69 Å². The normalized spacial score (nSPS) is 19.1. The van der Waals surface area contributed by atoms with Crippen LogP contribution in [0.5, 0.6) is 0 Å². The first-order chi connectivity index (χ1) is 13.0. The summed E-state index contributed by atoms with van der Waals surface area (Å²) in [7, 11) is -3.42. The molecular weight excluding hydrogens is 380 g/mol. The van der Waals surface area contributed by atoms with Crippen molar-refractivity contribution in [2.24, 2.45) is 5.92 Å². The minimum Gasteiger partial charge on any atom is -0.312 e. The van der Waals surface area contributed by atoms with Gasteiger partial charge in [0.2, 0.25) is 5.91 Å². The lowest BCUT2D eigenvalue weighted by Gasteiger charge is -2.36. The number of para-hydroxylation sites is 1. The number of rotatable bonds is 3. The molecule has 0 spiro atoms. The predicted octanol–water partition coefficient (Wildman–Crippen LogP) is 3.44. The fourth-order valence-corrected chi connectivity index (χ4v) is 6.78. The summed E-state index contributed by atoms with van der Waals surface area (Å²) in [5, 5.41) is 1.78. The minimum absolute atomic E-state index is 0.106. The molecule has 1 aromatic heterocycles. The molecule has 0 N–H and O–H groups in total. The van der Waals surface area contributed by atoms with Crippen LogP contribution in [0.3, 0.4) is 0 Å². The highest BCUT2D eigenvalue weighted by Crippen LogP contribution is 2.34. The van der Waals surface area contributed by atoms with Gasteiger partial charge in [0.25, 0.3) is 10.0 Å². The van der Waals surface area contributed by atoms with Crippen molar-refractivity contribution in [2.45, 2.75) is 36.8 Å². The van der Waals surface area contributed by atoms with Crippen molar-refractivity contribution in [3.05, 3.63) is 46.8 Å². The molecule has 2 aliphatic heterocycles. The number of anilines is 1. The number of carbonyl (C=O) groups is 1. The fourth-order valence-electron chi connectivity index (χ4n) is 4.17. The lowest BCUT2D eigenvalue weighted by molar-refractivity contribution is -0.123. The van der Waals surface area contributed by atoms with Gasteiger partial charge in [0, 0.05) is 31.2 Å². The Bertz CT molecular complexity index is 930. The summed E-state index contributed by atoms with van der Waals surface area (Å²) in [5.41, 5.74) is 3.45. The molecule has 5 nitrogen and oxygen atoms in total. The van der Waals surface area contributed by atoms with E-state index in [-0.39, 0.29) is 11.8 Å². The Morgan fingerprint density at radius 1 is 1.11 bits per heavy atom. The van der Waals surface area contributed by atoms with Crippen LogP contribution < -0.4 is 4.90 Å². The van der Waals surface area contributed by atoms with Gasteiger partial charge in [-0.1, -0.05) is 24.3 Å². The van der Waals surface area contributed by atoms with Crippen LogP contribution in [-0.4, -0.2) is 38.3 Å². The number of nitrogens with zero attached hydrogens (tertiary/aromatic N) is 2. The van der Waals surface area contributed by atoms with Gasteiger partial charge in [0.05, 0.1) is 0 Å². The third-order valence-electron chi connectivity index (χ3n) is 5.58. The van der Waals surface area contributed by atoms with E-state index >= 15 is 0 Å². The number of aryl methyl sites for hydroxylation is 2. The molecule has 0 bridgehead atoms. The first-order valence-corrected chi connectivity index (χ1v) is 11.7. The number of carbonyl (C=O) groups excluding carboxylic acids is 1. The maximum Gasteiger partial charge on any atom is 0.252 e. The molecule has 1 amide bonds. The third-order valence-corrected chi connectivity index (χ3v) is 8.85. The first-order valence-electron chi connectivity index (χ1n) is 9.42. The van der Waals surface area contributed by atoms with Crippen molar-refractivity contribution in [3.8, 4) is 0 Å². The summed E-state index contributed by atoms with van der Waals surface area (Å²) in [6.07, 6.45) is 3.16. The Balaban J connectivity index is 1.48. The number of sulfonamides is 1. The van der Waals surface area contributed by atoms with E-state index in [1.54, 1.807) is 17.5 Å². The van der Waals surface area contributed by atoms with Gasteiger partial charge in [0.1, 0.15) is 4.21 Å². The highest BCUT2D eigenvalue weighted by Gasteiger charge is 2.35. The van der Waals surface area contributed by atoms with E-state index in [2.05, 4.69) is 25.1 Å². The summed E-state index contributed by atoms with van der Waals surface area (Å²) in [5.74, 6) is 0.0452. The first kappa shape index (κ1) is 18.7. The van der Waals surface area contributed by atoms with Crippen molar-refractivity contribution in [1.82, 2.24) is 4.31 Å². The summed E-state index contributed by atoms with van der Waals surface area (Å²) in [6.45, 7) is 3.63. The molecule has 1 fully saturated rings. The molecular formula is C20H24N2O3S2. The summed E-state index contributed by atoms with van der Waals surface area (Å²) >= 11 is 1.24.